The summed E-state index contributed by atoms with van der Waals surface area (Å²) in [7, 11) is -3.29. The van der Waals surface area contributed by atoms with Crippen LogP contribution in [0.15, 0.2) is 28.7 Å². The molecule has 90 valence electrons. The number of rotatable bonds is 3. The van der Waals surface area contributed by atoms with Crippen molar-refractivity contribution in [2.45, 2.75) is 20.8 Å². The first-order chi connectivity index (χ1) is 7.20. The minimum absolute atomic E-state index is 0.0985. The van der Waals surface area contributed by atoms with E-state index in [-0.39, 0.29) is 11.2 Å². The van der Waals surface area contributed by atoms with E-state index < -0.39 is 10.0 Å². The predicted molar refractivity (Wildman–Crippen MR) is 71.0 cm³/mol. The average Bonchev–Trinajstić information content (AvgIpc) is 2.04. The summed E-state index contributed by atoms with van der Waals surface area (Å²) in [6.07, 6.45) is 0. The highest BCUT2D eigenvalue weighted by Crippen LogP contribution is 2.24. The predicted octanol–water partition coefficient (Wildman–Crippen LogP) is 3.24. The van der Waals surface area contributed by atoms with E-state index in [1.807, 2.05) is 26.8 Å². The molecule has 0 aromatic heterocycles. The van der Waals surface area contributed by atoms with Gasteiger partial charge < -0.3 is 0 Å². The van der Waals surface area contributed by atoms with Gasteiger partial charge in [-0.25, -0.2) is 8.42 Å². The molecule has 0 aliphatic carbocycles. The number of hydrogen-bond donors (Lipinski definition) is 1. The first-order valence-corrected chi connectivity index (χ1v) is 7.39. The number of nitrogens with one attached hydrogen (secondary N) is 1. The van der Waals surface area contributed by atoms with Gasteiger partial charge in [0.25, 0.3) is 0 Å². The van der Waals surface area contributed by atoms with Crippen molar-refractivity contribution in [1.29, 1.82) is 0 Å². The number of sulfonamides is 1. The minimum Gasteiger partial charge on any atom is -0.282 e. The maximum Gasteiger partial charge on any atom is 0.233 e. The van der Waals surface area contributed by atoms with Gasteiger partial charge in [-0.15, -0.1) is 0 Å². The highest BCUT2D eigenvalue weighted by Gasteiger charge is 2.21. The smallest absolute Gasteiger partial charge is 0.233 e. The van der Waals surface area contributed by atoms with Gasteiger partial charge in [-0.2, -0.15) is 0 Å². The highest BCUT2D eigenvalue weighted by atomic mass is 79.9. The second-order valence-corrected chi connectivity index (χ2v) is 7.48. The van der Waals surface area contributed by atoms with Crippen molar-refractivity contribution in [1.82, 2.24) is 0 Å². The van der Waals surface area contributed by atoms with Gasteiger partial charge in [-0.05, 0) is 33.5 Å². The van der Waals surface area contributed by atoms with Gasteiger partial charge >= 0.3 is 0 Å². The van der Waals surface area contributed by atoms with Gasteiger partial charge in [0, 0.05) is 4.47 Å². The van der Waals surface area contributed by atoms with Gasteiger partial charge in [0.05, 0.1) is 11.4 Å². The Kier molecular flexibility index (Phi) is 4.02. The molecule has 1 N–H and O–H groups in total. The average molecular weight is 306 g/mol. The summed E-state index contributed by atoms with van der Waals surface area (Å²) in [6.45, 7) is 5.69. The van der Waals surface area contributed by atoms with Crippen LogP contribution < -0.4 is 4.72 Å². The van der Waals surface area contributed by atoms with Gasteiger partial charge in [0.2, 0.25) is 10.0 Å². The lowest BCUT2D eigenvalue weighted by Gasteiger charge is -2.19. The molecule has 16 heavy (non-hydrogen) atoms. The third-order valence-corrected chi connectivity index (χ3v) is 4.23. The van der Waals surface area contributed by atoms with Crippen LogP contribution in [-0.4, -0.2) is 14.2 Å². The molecule has 0 bridgehead atoms. The largest absolute Gasteiger partial charge is 0.282 e. The van der Waals surface area contributed by atoms with Crippen molar-refractivity contribution in [3.05, 3.63) is 28.7 Å². The zero-order chi connectivity index (χ0) is 12.4. The van der Waals surface area contributed by atoms with E-state index in [2.05, 4.69) is 20.7 Å². The molecule has 0 heterocycles. The Bertz CT molecular complexity index is 463. The van der Waals surface area contributed by atoms with Crippen molar-refractivity contribution in [2.24, 2.45) is 5.41 Å². The summed E-state index contributed by atoms with van der Waals surface area (Å²) >= 11 is 3.30. The molecule has 0 radical (unpaired) electrons. The Morgan fingerprint density at radius 3 is 2.31 bits per heavy atom. The number of halogens is 1. The van der Waals surface area contributed by atoms with Gasteiger partial charge in [0.1, 0.15) is 0 Å². The minimum atomic E-state index is -3.29. The fourth-order valence-corrected chi connectivity index (χ4v) is 3.56. The second-order valence-electron chi connectivity index (χ2n) is 4.90. The molecule has 0 fully saturated rings. The molecule has 1 aromatic carbocycles. The maximum atomic E-state index is 11.8. The summed E-state index contributed by atoms with van der Waals surface area (Å²) in [4.78, 5) is 0. The lowest BCUT2D eigenvalue weighted by molar-refractivity contribution is 0.463. The standard InChI is InChI=1S/C11H16BrNO2S/c1-11(2,3)8-16(14,15)13-10-7-5-4-6-9(10)12/h4-7,13H,8H2,1-3H3. The monoisotopic (exact) mass is 305 g/mol. The first kappa shape index (κ1) is 13.5. The van der Waals surface area contributed by atoms with Crippen molar-refractivity contribution in [3.63, 3.8) is 0 Å². The number of hydrogen-bond acceptors (Lipinski definition) is 2. The van der Waals surface area contributed by atoms with E-state index in [0.29, 0.717) is 5.69 Å². The third-order valence-electron chi connectivity index (χ3n) is 1.76. The zero-order valence-electron chi connectivity index (χ0n) is 9.62. The van der Waals surface area contributed by atoms with E-state index in [9.17, 15) is 8.42 Å². The summed E-state index contributed by atoms with van der Waals surface area (Å²) < 4.78 is 27.0. The normalized spacial score (nSPS) is 12.5. The van der Waals surface area contributed by atoms with Crippen LogP contribution in [0.2, 0.25) is 0 Å². The molecule has 0 atom stereocenters. The molecular weight excluding hydrogens is 290 g/mol. The van der Waals surface area contributed by atoms with Gasteiger partial charge in [-0.3, -0.25) is 4.72 Å². The lowest BCUT2D eigenvalue weighted by Crippen LogP contribution is -2.26. The zero-order valence-corrected chi connectivity index (χ0v) is 12.0. The Morgan fingerprint density at radius 2 is 1.81 bits per heavy atom. The fourth-order valence-electron chi connectivity index (χ4n) is 1.32. The third kappa shape index (κ3) is 4.53. The number of benzene rings is 1. The van der Waals surface area contributed by atoms with E-state index >= 15 is 0 Å². The quantitative estimate of drug-likeness (QED) is 0.932. The molecule has 0 aliphatic rings. The molecule has 1 rings (SSSR count). The Labute approximate surface area is 105 Å². The molecule has 5 heteroatoms. The number of para-hydroxylation sites is 1. The second kappa shape index (κ2) is 4.75. The van der Waals surface area contributed by atoms with Crippen LogP contribution in [0, 0.1) is 5.41 Å². The number of anilines is 1. The molecule has 0 spiro atoms. The van der Waals surface area contributed by atoms with Crippen molar-refractivity contribution >= 4 is 31.6 Å². The van der Waals surface area contributed by atoms with Gasteiger partial charge in [-0.1, -0.05) is 32.9 Å². The van der Waals surface area contributed by atoms with Crippen LogP contribution in [0.3, 0.4) is 0 Å². The molecule has 0 amide bonds. The van der Waals surface area contributed by atoms with Crippen LogP contribution in [0.25, 0.3) is 0 Å². The molecule has 0 saturated carbocycles. The molecule has 0 saturated heterocycles. The highest BCUT2D eigenvalue weighted by molar-refractivity contribution is 9.10. The lowest BCUT2D eigenvalue weighted by atomic mass is 10.0. The molecule has 0 unspecified atom stereocenters. The first-order valence-electron chi connectivity index (χ1n) is 4.95. The van der Waals surface area contributed by atoms with E-state index in [4.69, 9.17) is 0 Å². The van der Waals surface area contributed by atoms with Gasteiger partial charge in [0.15, 0.2) is 0 Å². The topological polar surface area (TPSA) is 46.2 Å². The maximum absolute atomic E-state index is 11.8. The van der Waals surface area contributed by atoms with Crippen molar-refractivity contribution < 1.29 is 8.42 Å². The van der Waals surface area contributed by atoms with E-state index in [0.717, 1.165) is 4.47 Å². The van der Waals surface area contributed by atoms with E-state index in [1.165, 1.54) is 0 Å². The molecule has 1 aromatic rings. The van der Waals surface area contributed by atoms with Crippen LogP contribution in [-0.2, 0) is 10.0 Å². The Hall–Kier alpha value is -0.550. The summed E-state index contributed by atoms with van der Waals surface area (Å²) in [5, 5.41) is 0. The van der Waals surface area contributed by atoms with Crippen molar-refractivity contribution in [2.75, 3.05) is 10.5 Å². The van der Waals surface area contributed by atoms with Crippen LogP contribution in [0.1, 0.15) is 20.8 Å². The molecular formula is C11H16BrNO2S. The van der Waals surface area contributed by atoms with E-state index in [1.54, 1.807) is 18.2 Å². The van der Waals surface area contributed by atoms with Crippen LogP contribution in [0.5, 0.6) is 0 Å². The van der Waals surface area contributed by atoms with Crippen molar-refractivity contribution in [3.8, 4) is 0 Å². The summed E-state index contributed by atoms with van der Waals surface area (Å²) in [5.74, 6) is 0.0985. The SMILES string of the molecule is CC(C)(C)CS(=O)(=O)Nc1ccccc1Br. The summed E-state index contributed by atoms with van der Waals surface area (Å²) in [5.41, 5.74) is 0.319. The summed E-state index contributed by atoms with van der Waals surface area (Å²) in [6, 6.07) is 7.16. The Balaban J connectivity index is 2.86. The molecule has 0 aliphatic heterocycles. The molecule has 3 nitrogen and oxygen atoms in total. The van der Waals surface area contributed by atoms with Crippen LogP contribution >= 0.6 is 15.9 Å². The Morgan fingerprint density at radius 1 is 1.25 bits per heavy atom. The fraction of sp³-hybridized carbons (Fsp3) is 0.455. The van der Waals surface area contributed by atoms with Crippen LogP contribution in [0.4, 0.5) is 5.69 Å².